The normalized spacial score (nSPS) is 10.2. The number of nitrogens with one attached hydrogen (secondary N) is 1. The number of hydrogen-bond donors (Lipinski definition) is 2. The molecule has 0 unspecified atom stereocenters. The third-order valence-corrected chi connectivity index (χ3v) is 2.76. The highest BCUT2D eigenvalue weighted by Crippen LogP contribution is 2.28. The molecule has 3 N–H and O–H groups in total. The third kappa shape index (κ3) is 3.27. The van der Waals surface area contributed by atoms with Crippen molar-refractivity contribution in [2.45, 2.75) is 6.42 Å². The molecule has 0 fully saturated rings. The van der Waals surface area contributed by atoms with E-state index in [1.807, 2.05) is 0 Å². The number of rotatable bonds is 5. The maximum absolute atomic E-state index is 13.2. The second-order valence-corrected chi connectivity index (χ2v) is 4.27. The molecule has 1 aromatic rings. The molecular formula is C9H11FIN3O2. The first kappa shape index (κ1) is 13.1. The van der Waals surface area contributed by atoms with Crippen LogP contribution in [0.3, 0.4) is 0 Å². The Hall–Kier alpha value is -0.960. The minimum Gasteiger partial charge on any atom is -0.379 e. The van der Waals surface area contributed by atoms with Gasteiger partial charge < -0.3 is 11.1 Å². The van der Waals surface area contributed by atoms with Crippen LogP contribution in [0.15, 0.2) is 12.1 Å². The first-order valence-electron chi connectivity index (χ1n) is 4.63. The van der Waals surface area contributed by atoms with E-state index in [4.69, 9.17) is 5.73 Å². The van der Waals surface area contributed by atoms with Gasteiger partial charge in [0.1, 0.15) is 11.5 Å². The van der Waals surface area contributed by atoms with Crippen molar-refractivity contribution in [3.05, 3.63) is 31.6 Å². The van der Waals surface area contributed by atoms with Gasteiger partial charge in [-0.1, -0.05) is 0 Å². The number of halogens is 2. The van der Waals surface area contributed by atoms with Crippen molar-refractivity contribution in [3.63, 3.8) is 0 Å². The lowest BCUT2D eigenvalue weighted by Gasteiger charge is -2.07. The van der Waals surface area contributed by atoms with Gasteiger partial charge >= 0.3 is 0 Å². The summed E-state index contributed by atoms with van der Waals surface area (Å²) in [5.41, 5.74) is 5.36. The highest BCUT2D eigenvalue weighted by atomic mass is 127. The van der Waals surface area contributed by atoms with Gasteiger partial charge in [-0.3, -0.25) is 10.1 Å². The second-order valence-electron chi connectivity index (χ2n) is 3.11. The van der Waals surface area contributed by atoms with Gasteiger partial charge in [0.05, 0.1) is 8.49 Å². The predicted molar refractivity (Wildman–Crippen MR) is 67.9 cm³/mol. The minimum atomic E-state index is -0.535. The fourth-order valence-electron chi connectivity index (χ4n) is 1.15. The van der Waals surface area contributed by atoms with Crippen LogP contribution in [0.1, 0.15) is 6.42 Å². The summed E-state index contributed by atoms with van der Waals surface area (Å²) in [4.78, 5) is 10.2. The van der Waals surface area contributed by atoms with Crippen LogP contribution in [0.5, 0.6) is 0 Å². The molecule has 5 nitrogen and oxygen atoms in total. The first-order valence-corrected chi connectivity index (χ1v) is 5.71. The Kier molecular flexibility index (Phi) is 4.87. The Balaban J connectivity index is 2.95. The van der Waals surface area contributed by atoms with Crippen molar-refractivity contribution in [1.82, 2.24) is 0 Å². The zero-order chi connectivity index (χ0) is 12.1. The molecule has 0 bridgehead atoms. The third-order valence-electron chi connectivity index (χ3n) is 1.93. The van der Waals surface area contributed by atoms with Crippen LogP contribution in [0.25, 0.3) is 0 Å². The van der Waals surface area contributed by atoms with Crippen LogP contribution in [-0.4, -0.2) is 18.0 Å². The van der Waals surface area contributed by atoms with Gasteiger partial charge in [-0.25, -0.2) is 4.39 Å². The lowest BCUT2D eigenvalue weighted by Crippen LogP contribution is -2.10. The fourth-order valence-corrected chi connectivity index (χ4v) is 1.60. The molecule has 0 aliphatic rings. The first-order chi connectivity index (χ1) is 7.56. The van der Waals surface area contributed by atoms with Crippen LogP contribution in [0, 0.1) is 19.5 Å². The number of hydrogen-bond acceptors (Lipinski definition) is 4. The summed E-state index contributed by atoms with van der Waals surface area (Å²) < 4.78 is 13.5. The summed E-state index contributed by atoms with van der Waals surface area (Å²) in [5.74, 6) is -0.471. The van der Waals surface area contributed by atoms with Crippen molar-refractivity contribution < 1.29 is 9.31 Å². The van der Waals surface area contributed by atoms with E-state index in [2.05, 4.69) is 5.32 Å². The summed E-state index contributed by atoms with van der Waals surface area (Å²) >= 11 is 1.72. The number of nitro benzene ring substituents is 1. The van der Waals surface area contributed by atoms with Gasteiger partial charge in [-0.2, -0.15) is 0 Å². The molecule has 0 radical (unpaired) electrons. The van der Waals surface area contributed by atoms with E-state index in [1.54, 1.807) is 22.6 Å². The summed E-state index contributed by atoms with van der Waals surface area (Å²) in [5, 5.41) is 13.5. The molecule has 0 heterocycles. The van der Waals surface area contributed by atoms with Crippen LogP contribution in [-0.2, 0) is 0 Å². The zero-order valence-electron chi connectivity index (χ0n) is 8.37. The standard InChI is InChI=1S/C9H11FIN3O2/c10-6-4-8(13-3-1-2-12)9(14(15)16)5-7(6)11/h4-5,13H,1-3,12H2. The number of anilines is 1. The maximum Gasteiger partial charge on any atom is 0.293 e. The lowest BCUT2D eigenvalue weighted by atomic mass is 10.2. The summed E-state index contributed by atoms with van der Waals surface area (Å²) in [6, 6.07) is 2.34. The molecule has 1 aromatic carbocycles. The minimum absolute atomic E-state index is 0.122. The molecule has 7 heteroatoms. The smallest absolute Gasteiger partial charge is 0.293 e. The molecule has 0 spiro atoms. The van der Waals surface area contributed by atoms with Crippen molar-refractivity contribution in [3.8, 4) is 0 Å². The van der Waals surface area contributed by atoms with Gasteiger partial charge in [-0.15, -0.1) is 0 Å². The summed E-state index contributed by atoms with van der Waals surface area (Å²) in [6.45, 7) is 0.963. The van der Waals surface area contributed by atoms with Crippen LogP contribution in [0.4, 0.5) is 15.8 Å². The van der Waals surface area contributed by atoms with Crippen LogP contribution < -0.4 is 11.1 Å². The molecule has 0 saturated heterocycles. The highest BCUT2D eigenvalue weighted by molar-refractivity contribution is 14.1. The van der Waals surface area contributed by atoms with E-state index in [0.717, 1.165) is 6.07 Å². The van der Waals surface area contributed by atoms with Gasteiger partial charge in [0.25, 0.3) is 5.69 Å². The average Bonchev–Trinajstić information content (AvgIpc) is 2.23. The van der Waals surface area contributed by atoms with Crippen molar-refractivity contribution in [2.75, 3.05) is 18.4 Å². The Labute approximate surface area is 105 Å². The fraction of sp³-hybridized carbons (Fsp3) is 0.333. The van der Waals surface area contributed by atoms with E-state index in [-0.39, 0.29) is 14.9 Å². The van der Waals surface area contributed by atoms with Crippen molar-refractivity contribution in [2.24, 2.45) is 5.73 Å². The molecule has 0 amide bonds. The lowest BCUT2D eigenvalue weighted by molar-refractivity contribution is -0.384. The Morgan fingerprint density at radius 1 is 1.56 bits per heavy atom. The topological polar surface area (TPSA) is 81.2 Å². The number of benzene rings is 1. The zero-order valence-corrected chi connectivity index (χ0v) is 10.5. The molecule has 1 rings (SSSR count). The van der Waals surface area contributed by atoms with E-state index < -0.39 is 10.7 Å². The van der Waals surface area contributed by atoms with Crippen molar-refractivity contribution >= 4 is 34.0 Å². The average molecular weight is 339 g/mol. The Morgan fingerprint density at radius 2 is 2.25 bits per heavy atom. The molecule has 0 aliphatic carbocycles. The van der Waals surface area contributed by atoms with E-state index in [9.17, 15) is 14.5 Å². The number of nitrogens with two attached hydrogens (primary N) is 1. The summed E-state index contributed by atoms with van der Waals surface area (Å²) in [6.07, 6.45) is 0.671. The predicted octanol–water partition coefficient (Wildman–Crippen LogP) is 2.10. The molecule has 0 aliphatic heterocycles. The van der Waals surface area contributed by atoms with Crippen molar-refractivity contribution in [1.29, 1.82) is 0 Å². The Bertz CT molecular complexity index is 401. The van der Waals surface area contributed by atoms with E-state index in [0.29, 0.717) is 19.5 Å². The Morgan fingerprint density at radius 3 is 2.81 bits per heavy atom. The second kappa shape index (κ2) is 5.94. The number of nitro groups is 1. The number of nitrogens with zero attached hydrogens (tertiary/aromatic N) is 1. The van der Waals surface area contributed by atoms with Gasteiger partial charge in [0.2, 0.25) is 0 Å². The van der Waals surface area contributed by atoms with E-state index in [1.165, 1.54) is 6.07 Å². The SMILES string of the molecule is NCCCNc1cc(F)c(I)cc1[N+](=O)[O-]. The molecule has 0 atom stereocenters. The monoisotopic (exact) mass is 339 g/mol. The van der Waals surface area contributed by atoms with Gasteiger partial charge in [0, 0.05) is 18.7 Å². The molecule has 0 saturated carbocycles. The maximum atomic E-state index is 13.2. The van der Waals surface area contributed by atoms with Gasteiger partial charge in [0.15, 0.2) is 0 Å². The van der Waals surface area contributed by atoms with E-state index >= 15 is 0 Å². The molecule has 88 valence electrons. The molecule has 16 heavy (non-hydrogen) atoms. The van der Waals surface area contributed by atoms with Crippen LogP contribution >= 0.6 is 22.6 Å². The molecule has 0 aromatic heterocycles. The largest absolute Gasteiger partial charge is 0.379 e. The quantitative estimate of drug-likeness (QED) is 0.373. The van der Waals surface area contributed by atoms with Crippen LogP contribution in [0.2, 0.25) is 0 Å². The summed E-state index contributed by atoms with van der Waals surface area (Å²) in [7, 11) is 0. The van der Waals surface area contributed by atoms with Gasteiger partial charge in [-0.05, 0) is 35.6 Å². The molecular weight excluding hydrogens is 328 g/mol. The highest BCUT2D eigenvalue weighted by Gasteiger charge is 2.16.